The molecule has 1 heterocycles. The minimum atomic E-state index is -0.812. The number of hydrogen-bond acceptors (Lipinski definition) is 5. The Labute approximate surface area is 240 Å². The molecule has 4 aromatic carbocycles. The van der Waals surface area contributed by atoms with Crippen molar-refractivity contribution in [1.82, 2.24) is 5.32 Å². The largest absolute Gasteiger partial charge is 0.497 e. The first-order valence-corrected chi connectivity index (χ1v) is 13.3. The molecule has 1 saturated heterocycles. The van der Waals surface area contributed by atoms with Crippen molar-refractivity contribution in [2.75, 3.05) is 12.0 Å². The number of methoxy groups -OCH3 is 1. The van der Waals surface area contributed by atoms with Gasteiger partial charge in [0.25, 0.3) is 11.8 Å². The van der Waals surface area contributed by atoms with Crippen LogP contribution in [0.5, 0.6) is 11.5 Å². The number of benzene rings is 4. The average Bonchev–Trinajstić information content (AvgIpc) is 2.97. The molecule has 4 aromatic rings. The summed E-state index contributed by atoms with van der Waals surface area (Å²) in [4.78, 5) is 40.0. The molecule has 1 aliphatic heterocycles. The summed E-state index contributed by atoms with van der Waals surface area (Å²) < 4.78 is 12.2. The molecule has 4 amide bonds. The van der Waals surface area contributed by atoms with Gasteiger partial charge in [0.2, 0.25) is 0 Å². The second kappa shape index (κ2) is 12.0. The van der Waals surface area contributed by atoms with Crippen LogP contribution in [0.25, 0.3) is 6.08 Å². The normalized spacial score (nSPS) is 14.3. The Balaban J connectivity index is 1.41. The highest BCUT2D eigenvalue weighted by Gasteiger charge is 2.37. The maximum Gasteiger partial charge on any atom is 0.335 e. The maximum absolute atomic E-state index is 13.5. The Morgan fingerprint density at radius 1 is 0.825 bits per heavy atom. The number of anilines is 1. The van der Waals surface area contributed by atoms with E-state index in [-0.39, 0.29) is 5.57 Å². The number of imide groups is 2. The molecule has 0 radical (unpaired) electrons. The topological polar surface area (TPSA) is 84.9 Å². The molecule has 5 rings (SSSR count). The van der Waals surface area contributed by atoms with E-state index in [9.17, 15) is 14.4 Å². The number of carbonyl (C=O) groups excluding carboxylic acids is 3. The monoisotopic (exact) mass is 596 g/mol. The number of urea groups is 1. The number of barbiturate groups is 1. The van der Waals surface area contributed by atoms with E-state index < -0.39 is 17.8 Å². The van der Waals surface area contributed by atoms with Crippen LogP contribution in [0.15, 0.2) is 107 Å². The molecule has 0 atom stereocenters. The van der Waals surface area contributed by atoms with Crippen LogP contribution in [0.3, 0.4) is 0 Å². The molecular weight excluding hydrogens is 572 g/mol. The Bertz CT molecular complexity index is 1600. The third kappa shape index (κ3) is 5.97. The van der Waals surface area contributed by atoms with Crippen molar-refractivity contribution in [3.05, 3.63) is 129 Å². The van der Waals surface area contributed by atoms with Crippen LogP contribution in [0, 0.1) is 0 Å². The number of hydrogen-bond donors (Lipinski definition) is 1. The quantitative estimate of drug-likeness (QED) is 0.191. The smallest absolute Gasteiger partial charge is 0.335 e. The SMILES string of the molecule is COc1ccc(/C=C2\C(=O)NC(=O)N(c3ccc(OCc4ccccc4)cc3)C2=O)c(Cc2ccccc2Br)c1. The molecule has 8 heteroatoms. The molecule has 0 spiro atoms. The molecule has 40 heavy (non-hydrogen) atoms. The summed E-state index contributed by atoms with van der Waals surface area (Å²) in [6.07, 6.45) is 2.04. The molecule has 0 aliphatic carbocycles. The van der Waals surface area contributed by atoms with Crippen LogP contribution in [-0.4, -0.2) is 25.0 Å². The van der Waals surface area contributed by atoms with E-state index in [4.69, 9.17) is 9.47 Å². The van der Waals surface area contributed by atoms with Crippen molar-refractivity contribution in [2.45, 2.75) is 13.0 Å². The van der Waals surface area contributed by atoms with E-state index in [0.29, 0.717) is 35.8 Å². The predicted octanol–water partition coefficient (Wildman–Crippen LogP) is 6.29. The Hall–Kier alpha value is -4.69. The first kappa shape index (κ1) is 26.9. The molecule has 1 N–H and O–H groups in total. The molecule has 1 fully saturated rings. The van der Waals surface area contributed by atoms with Gasteiger partial charge in [-0.25, -0.2) is 9.69 Å². The predicted molar refractivity (Wildman–Crippen MR) is 156 cm³/mol. The van der Waals surface area contributed by atoms with E-state index in [0.717, 1.165) is 26.1 Å². The Kier molecular flexibility index (Phi) is 8.07. The minimum absolute atomic E-state index is 0.150. The summed E-state index contributed by atoms with van der Waals surface area (Å²) in [6, 6.07) is 28.7. The first-order valence-electron chi connectivity index (χ1n) is 12.5. The zero-order valence-electron chi connectivity index (χ0n) is 21.6. The highest BCUT2D eigenvalue weighted by atomic mass is 79.9. The van der Waals surface area contributed by atoms with Gasteiger partial charge in [0.05, 0.1) is 12.8 Å². The standard InChI is InChI=1S/C32H25BrN2O5/c1-39-27-14-11-22(24(18-27)17-23-9-5-6-10-29(23)33)19-28-30(36)34-32(38)35(31(28)37)25-12-15-26(16-13-25)40-20-21-7-3-2-4-8-21/h2-16,18-19H,17,20H2,1H3,(H,34,36,38)/b28-19+. The second-order valence-corrected chi connectivity index (χ2v) is 9.91. The average molecular weight is 597 g/mol. The fourth-order valence-corrected chi connectivity index (χ4v) is 4.75. The maximum atomic E-state index is 13.5. The van der Waals surface area contributed by atoms with Crippen LogP contribution in [0.2, 0.25) is 0 Å². The lowest BCUT2D eigenvalue weighted by Gasteiger charge is -2.26. The molecule has 200 valence electrons. The van der Waals surface area contributed by atoms with E-state index in [1.54, 1.807) is 43.5 Å². The van der Waals surface area contributed by atoms with Crippen molar-refractivity contribution in [1.29, 1.82) is 0 Å². The van der Waals surface area contributed by atoms with Gasteiger partial charge < -0.3 is 9.47 Å². The van der Waals surface area contributed by atoms with Crippen LogP contribution < -0.4 is 19.7 Å². The van der Waals surface area contributed by atoms with Gasteiger partial charge in [-0.05, 0) is 77.2 Å². The third-order valence-electron chi connectivity index (χ3n) is 6.43. The van der Waals surface area contributed by atoms with Gasteiger partial charge in [-0.15, -0.1) is 0 Å². The number of nitrogens with one attached hydrogen (secondary N) is 1. The van der Waals surface area contributed by atoms with Crippen molar-refractivity contribution in [3.8, 4) is 11.5 Å². The number of nitrogens with zero attached hydrogens (tertiary/aromatic N) is 1. The van der Waals surface area contributed by atoms with Crippen LogP contribution in [0.1, 0.15) is 22.3 Å². The van der Waals surface area contributed by atoms with Crippen LogP contribution >= 0.6 is 15.9 Å². The van der Waals surface area contributed by atoms with Crippen molar-refractivity contribution < 1.29 is 23.9 Å². The summed E-state index contributed by atoms with van der Waals surface area (Å²) in [7, 11) is 1.58. The van der Waals surface area contributed by atoms with E-state index in [1.165, 1.54) is 6.08 Å². The van der Waals surface area contributed by atoms with Gasteiger partial charge in [-0.3, -0.25) is 14.9 Å². The fourth-order valence-electron chi connectivity index (χ4n) is 4.33. The molecule has 0 aromatic heterocycles. The number of ether oxygens (including phenoxy) is 2. The number of rotatable bonds is 8. The van der Waals surface area contributed by atoms with E-state index in [1.807, 2.05) is 60.7 Å². The van der Waals surface area contributed by atoms with Crippen molar-refractivity contribution in [3.63, 3.8) is 0 Å². The Morgan fingerprint density at radius 2 is 1.52 bits per heavy atom. The molecule has 0 bridgehead atoms. The summed E-state index contributed by atoms with van der Waals surface area (Å²) in [5, 5.41) is 2.29. The minimum Gasteiger partial charge on any atom is -0.497 e. The lowest BCUT2D eigenvalue weighted by atomic mass is 9.97. The lowest BCUT2D eigenvalue weighted by Crippen LogP contribution is -2.54. The Morgan fingerprint density at radius 3 is 2.25 bits per heavy atom. The summed E-state index contributed by atoms with van der Waals surface area (Å²) in [5.41, 5.74) is 3.72. The number of carbonyl (C=O) groups is 3. The summed E-state index contributed by atoms with van der Waals surface area (Å²) >= 11 is 3.58. The zero-order chi connectivity index (χ0) is 28.1. The van der Waals surface area contributed by atoms with Gasteiger partial charge in [-0.1, -0.05) is 70.5 Å². The number of amides is 4. The van der Waals surface area contributed by atoms with Gasteiger partial charge in [0.1, 0.15) is 23.7 Å². The van der Waals surface area contributed by atoms with E-state index in [2.05, 4.69) is 21.2 Å². The zero-order valence-corrected chi connectivity index (χ0v) is 23.2. The molecular formula is C32H25BrN2O5. The summed E-state index contributed by atoms with van der Waals surface area (Å²) in [6.45, 7) is 0.383. The second-order valence-electron chi connectivity index (χ2n) is 9.06. The lowest BCUT2D eigenvalue weighted by molar-refractivity contribution is -0.122. The van der Waals surface area contributed by atoms with Gasteiger partial charge in [0, 0.05) is 4.47 Å². The van der Waals surface area contributed by atoms with Crippen LogP contribution in [0.4, 0.5) is 10.5 Å². The van der Waals surface area contributed by atoms with Crippen LogP contribution in [-0.2, 0) is 22.6 Å². The third-order valence-corrected chi connectivity index (χ3v) is 7.21. The van der Waals surface area contributed by atoms with Gasteiger partial charge in [-0.2, -0.15) is 0 Å². The fraction of sp³-hybridized carbons (Fsp3) is 0.0938. The summed E-state index contributed by atoms with van der Waals surface area (Å²) in [5.74, 6) is -0.236. The molecule has 0 unspecified atom stereocenters. The first-order chi connectivity index (χ1) is 19.4. The number of halogens is 1. The molecule has 7 nitrogen and oxygen atoms in total. The van der Waals surface area contributed by atoms with Gasteiger partial charge in [0.15, 0.2) is 0 Å². The van der Waals surface area contributed by atoms with E-state index >= 15 is 0 Å². The molecule has 1 aliphatic rings. The highest BCUT2D eigenvalue weighted by molar-refractivity contribution is 9.10. The van der Waals surface area contributed by atoms with Crippen molar-refractivity contribution >= 4 is 45.5 Å². The van der Waals surface area contributed by atoms with Gasteiger partial charge >= 0.3 is 6.03 Å². The molecule has 0 saturated carbocycles. The highest BCUT2D eigenvalue weighted by Crippen LogP contribution is 2.28. The van der Waals surface area contributed by atoms with Crippen molar-refractivity contribution in [2.24, 2.45) is 0 Å².